The van der Waals surface area contributed by atoms with Gasteiger partial charge in [0.25, 0.3) is 0 Å². The number of carbonyl (C=O) groups excluding carboxylic acids is 11. The van der Waals surface area contributed by atoms with Crippen molar-refractivity contribution in [3.8, 4) is 0 Å². The summed E-state index contributed by atoms with van der Waals surface area (Å²) in [5.41, 5.74) is 0. The van der Waals surface area contributed by atoms with Gasteiger partial charge in [-0.3, -0.25) is 52.7 Å². The van der Waals surface area contributed by atoms with Crippen molar-refractivity contribution in [2.75, 3.05) is 0 Å². The molecule has 1 rings (SSSR count). The Kier molecular flexibility index (Phi) is 34.7. The van der Waals surface area contributed by atoms with Gasteiger partial charge in [-0.15, -0.1) is 0 Å². The fraction of sp³-hybridized carbons (Fsp3) is 0.800. The van der Waals surface area contributed by atoms with E-state index in [0.29, 0.717) is 0 Å². The number of cyclic esters (lactones) is 11. The molecule has 1 heterocycles. The second-order valence-corrected chi connectivity index (χ2v) is 19.0. The van der Waals surface area contributed by atoms with Crippen molar-refractivity contribution < 1.29 is 105 Å². The molecule has 0 saturated carbocycles. The molecule has 77 heavy (non-hydrogen) atoms. The second kappa shape index (κ2) is 38.7. The van der Waals surface area contributed by atoms with E-state index in [9.17, 15) is 52.7 Å². The largest absolute Gasteiger partial charge is 0.462 e. The summed E-state index contributed by atoms with van der Waals surface area (Å²) in [4.78, 5) is 143. The van der Waals surface area contributed by atoms with Crippen LogP contribution in [0.3, 0.4) is 0 Å². The molecule has 0 radical (unpaired) electrons. The highest BCUT2D eigenvalue weighted by Gasteiger charge is 2.31. The summed E-state index contributed by atoms with van der Waals surface area (Å²) in [5.74, 6) is -8.16. The molecule has 22 nitrogen and oxygen atoms in total. The van der Waals surface area contributed by atoms with Crippen molar-refractivity contribution in [1.29, 1.82) is 0 Å². The minimum absolute atomic E-state index is 0.233. The van der Waals surface area contributed by atoms with Gasteiger partial charge in [0, 0.05) is 0 Å². The van der Waals surface area contributed by atoms with Crippen LogP contribution in [0, 0.1) is 0 Å². The first kappa shape index (κ1) is 69.2. The van der Waals surface area contributed by atoms with Crippen molar-refractivity contribution in [3.05, 3.63) is 0 Å². The lowest BCUT2D eigenvalue weighted by atomic mass is 10.1. The molecule has 0 N–H and O–H groups in total. The summed E-state index contributed by atoms with van der Waals surface area (Å²) in [6, 6.07) is 0. The topological polar surface area (TPSA) is 289 Å². The van der Waals surface area contributed by atoms with E-state index >= 15 is 0 Å². The molecule has 1 saturated heterocycles. The number of hydrogen-bond acceptors (Lipinski definition) is 22. The fourth-order valence-corrected chi connectivity index (χ4v) is 7.58. The standard InChI is InChI=1S/C55H88O22/c1-12-34-23-45(56)68-36(14-3)25-47(58)70-38(16-5)27-49(60)72-40(18-7)29-51(62)74-42(20-9)31-53(64)76-44(22-11)33-55(66)77-43(21-10)32-54(65)75-41(19-8)30-52(63)73-39(17-6)28-50(61)71-37(15-4)26-48(59)69-35(13-2)24-46(57)67-34/h34-44H,12-33H2,1-11H3/t34-,35-,36-,37-,38?,39?,40?,41?,42?,43?,44?/m1/s1. The van der Waals surface area contributed by atoms with Crippen LogP contribution in [-0.2, 0) is 105 Å². The van der Waals surface area contributed by atoms with Gasteiger partial charge in [0.05, 0.1) is 70.6 Å². The smallest absolute Gasteiger partial charge is 0.309 e. The van der Waals surface area contributed by atoms with Crippen LogP contribution in [0.15, 0.2) is 0 Å². The zero-order valence-electron chi connectivity index (χ0n) is 47.4. The van der Waals surface area contributed by atoms with E-state index in [1.807, 2.05) is 0 Å². The first-order valence-electron chi connectivity index (χ1n) is 27.7. The van der Waals surface area contributed by atoms with Crippen LogP contribution in [0.2, 0.25) is 0 Å². The Morgan fingerprint density at radius 1 is 0.182 bits per heavy atom. The van der Waals surface area contributed by atoms with Crippen LogP contribution in [0.25, 0.3) is 0 Å². The van der Waals surface area contributed by atoms with E-state index in [1.54, 1.807) is 76.2 Å². The summed E-state index contributed by atoms with van der Waals surface area (Å²) in [6.45, 7) is 18.6. The van der Waals surface area contributed by atoms with Gasteiger partial charge in [0.15, 0.2) is 0 Å². The third-order valence-corrected chi connectivity index (χ3v) is 12.6. The minimum atomic E-state index is -0.903. The SMILES string of the molecule is CCC1CC(=O)OC(CC)CC(=O)OC(CC)CC(=O)OC(CC)CC(=O)O[C@H](CC)CC(=O)O[C@H](CC)CC(=O)O[C@H](CC)CC(=O)O[C@H](CC)CC(=O)OC(CC)CC(=O)OC(CC)CC(=O)OC(CC)CC(=O)O1. The lowest BCUT2D eigenvalue weighted by Crippen LogP contribution is -2.31. The predicted molar refractivity (Wildman–Crippen MR) is 273 cm³/mol. The minimum Gasteiger partial charge on any atom is -0.462 e. The highest BCUT2D eigenvalue weighted by atomic mass is 16.6. The molecule has 0 bridgehead atoms. The molecule has 0 amide bonds. The zero-order chi connectivity index (χ0) is 58.0. The summed E-state index contributed by atoms with van der Waals surface area (Å²) in [6.07, 6.45) is -11.0. The first-order valence-corrected chi connectivity index (χ1v) is 27.7. The molecule has 440 valence electrons. The maximum absolute atomic E-state index is 13.0. The normalized spacial score (nSPS) is 28.7. The van der Waals surface area contributed by atoms with Crippen molar-refractivity contribution >= 4 is 65.7 Å². The van der Waals surface area contributed by atoms with Crippen LogP contribution < -0.4 is 0 Å². The van der Waals surface area contributed by atoms with Crippen molar-refractivity contribution in [1.82, 2.24) is 0 Å². The number of hydrogen-bond donors (Lipinski definition) is 0. The van der Waals surface area contributed by atoms with Gasteiger partial charge in [-0.2, -0.15) is 0 Å². The lowest BCUT2D eigenvalue weighted by Gasteiger charge is -2.23. The Hall–Kier alpha value is -5.83. The molecule has 1 aliphatic rings. The van der Waals surface area contributed by atoms with E-state index in [0.717, 1.165) is 0 Å². The van der Waals surface area contributed by atoms with Gasteiger partial charge in [-0.1, -0.05) is 76.2 Å². The fourth-order valence-electron chi connectivity index (χ4n) is 7.58. The van der Waals surface area contributed by atoms with E-state index < -0.39 is 133 Å². The third kappa shape index (κ3) is 30.1. The number of ether oxygens (including phenoxy) is 11. The Morgan fingerprint density at radius 3 is 0.299 bits per heavy atom. The molecule has 1 fully saturated rings. The second-order valence-electron chi connectivity index (χ2n) is 19.0. The average Bonchev–Trinajstić information content (AvgIpc) is 3.37. The van der Waals surface area contributed by atoms with Gasteiger partial charge in [0.1, 0.15) is 67.1 Å². The molecular formula is C55H88O22. The van der Waals surface area contributed by atoms with Crippen LogP contribution in [0.4, 0.5) is 0 Å². The Labute approximate surface area is 453 Å². The van der Waals surface area contributed by atoms with Crippen molar-refractivity contribution in [2.24, 2.45) is 0 Å². The molecule has 0 aromatic carbocycles. The van der Waals surface area contributed by atoms with Crippen LogP contribution in [-0.4, -0.2) is 133 Å². The van der Waals surface area contributed by atoms with Gasteiger partial charge >= 0.3 is 65.7 Å². The maximum Gasteiger partial charge on any atom is 0.309 e. The quantitative estimate of drug-likeness (QED) is 0.141. The molecular weight excluding hydrogens is 1010 g/mol. The number of esters is 11. The summed E-state index contributed by atoms with van der Waals surface area (Å²) >= 11 is 0. The monoisotopic (exact) mass is 1100 g/mol. The zero-order valence-corrected chi connectivity index (χ0v) is 47.4. The Bertz CT molecular complexity index is 1340. The van der Waals surface area contributed by atoms with Gasteiger partial charge in [-0.05, 0) is 70.6 Å². The molecule has 0 aliphatic carbocycles. The van der Waals surface area contributed by atoms with E-state index in [2.05, 4.69) is 0 Å². The number of carbonyl (C=O) groups is 11. The van der Waals surface area contributed by atoms with E-state index in [-0.39, 0.29) is 141 Å². The lowest BCUT2D eigenvalue weighted by molar-refractivity contribution is -0.167. The molecule has 1 aliphatic heterocycles. The summed E-state index contributed by atoms with van der Waals surface area (Å²) in [5, 5.41) is 0. The highest BCUT2D eigenvalue weighted by Crippen LogP contribution is 2.21. The number of rotatable bonds is 11. The summed E-state index contributed by atoms with van der Waals surface area (Å²) in [7, 11) is 0. The molecule has 22 heteroatoms. The molecule has 0 spiro atoms. The Morgan fingerprint density at radius 2 is 0.247 bits per heavy atom. The predicted octanol–water partition coefficient (Wildman–Crippen LogP) is 7.83. The van der Waals surface area contributed by atoms with Crippen molar-refractivity contribution in [3.63, 3.8) is 0 Å². The summed E-state index contributed by atoms with van der Waals surface area (Å²) < 4.78 is 61.0. The van der Waals surface area contributed by atoms with E-state index in [4.69, 9.17) is 52.1 Å². The van der Waals surface area contributed by atoms with Gasteiger partial charge in [-0.25, -0.2) is 0 Å². The van der Waals surface area contributed by atoms with E-state index in [1.165, 1.54) is 0 Å². The molecule has 7 unspecified atom stereocenters. The maximum atomic E-state index is 13.0. The van der Waals surface area contributed by atoms with Crippen LogP contribution in [0.5, 0.6) is 0 Å². The molecule has 11 atom stereocenters. The first-order chi connectivity index (χ1) is 36.6. The molecule has 0 aromatic heterocycles. The highest BCUT2D eigenvalue weighted by molar-refractivity contribution is 5.78. The Balaban J connectivity index is 3.27. The van der Waals surface area contributed by atoms with Crippen molar-refractivity contribution in [2.45, 2.75) is 285 Å². The van der Waals surface area contributed by atoms with Crippen LogP contribution in [0.1, 0.15) is 217 Å². The van der Waals surface area contributed by atoms with Gasteiger partial charge < -0.3 is 52.1 Å². The average molecular weight is 1100 g/mol. The molecule has 0 aromatic rings. The van der Waals surface area contributed by atoms with Gasteiger partial charge in [0.2, 0.25) is 0 Å². The third-order valence-electron chi connectivity index (χ3n) is 12.6. The van der Waals surface area contributed by atoms with Crippen LogP contribution >= 0.6 is 0 Å².